The molecule has 2 N–H and O–H groups in total. The van der Waals surface area contributed by atoms with Gasteiger partial charge in [-0.15, -0.1) is 0 Å². The molecule has 5 heteroatoms. The number of aldehydes is 1. The molecule has 0 bridgehead atoms. The molecular weight excluding hydrogens is 368 g/mol. The Labute approximate surface area is 172 Å². The third kappa shape index (κ3) is 3.82. The van der Waals surface area contributed by atoms with Crippen molar-refractivity contribution in [2.75, 3.05) is 13.7 Å². The lowest BCUT2D eigenvalue weighted by Crippen LogP contribution is -2.38. The maximum atomic E-state index is 11.3. The molecule has 158 valence electrons. The molecule has 0 amide bonds. The van der Waals surface area contributed by atoms with Gasteiger partial charge in [-0.25, -0.2) is 0 Å². The summed E-state index contributed by atoms with van der Waals surface area (Å²) in [5.41, 5.74) is 1.75. The van der Waals surface area contributed by atoms with Crippen LogP contribution < -0.4 is 9.47 Å². The molecule has 0 radical (unpaired) electrons. The Morgan fingerprint density at radius 1 is 1.28 bits per heavy atom. The lowest BCUT2D eigenvalue weighted by atomic mass is 9.90. The van der Waals surface area contributed by atoms with Crippen LogP contribution in [0.1, 0.15) is 51.9 Å². The monoisotopic (exact) mass is 400 g/mol. The molecule has 5 nitrogen and oxygen atoms in total. The first-order valence-corrected chi connectivity index (χ1v) is 10.8. The highest BCUT2D eigenvalue weighted by molar-refractivity contribution is 5.50. The van der Waals surface area contributed by atoms with Gasteiger partial charge >= 0.3 is 0 Å². The number of methoxy groups -OCH3 is 1. The lowest BCUT2D eigenvalue weighted by molar-refractivity contribution is -0.156. The molecule has 4 atom stereocenters. The second kappa shape index (κ2) is 7.77. The van der Waals surface area contributed by atoms with E-state index in [0.29, 0.717) is 35.3 Å². The second-order valence-electron chi connectivity index (χ2n) is 9.11. The molecule has 4 rings (SSSR count). The molecule has 1 spiro atoms. The minimum Gasteiger partial charge on any atom is -0.493 e. The van der Waals surface area contributed by atoms with Gasteiger partial charge in [-0.3, -0.25) is 0 Å². The van der Waals surface area contributed by atoms with E-state index in [-0.39, 0.29) is 17.9 Å². The minimum absolute atomic E-state index is 0.0238. The zero-order valence-corrected chi connectivity index (χ0v) is 17.4. The predicted molar refractivity (Wildman–Crippen MR) is 110 cm³/mol. The number of rotatable bonds is 9. The van der Waals surface area contributed by atoms with Crippen molar-refractivity contribution < 1.29 is 24.5 Å². The molecule has 3 fully saturated rings. The Morgan fingerprint density at radius 2 is 2.03 bits per heavy atom. The molecule has 3 aliphatic carbocycles. The summed E-state index contributed by atoms with van der Waals surface area (Å²) in [5, 5.41) is 22.6. The van der Waals surface area contributed by atoms with Crippen LogP contribution in [0.2, 0.25) is 0 Å². The lowest BCUT2D eigenvalue weighted by Gasteiger charge is -2.28. The van der Waals surface area contributed by atoms with Crippen LogP contribution in [0.3, 0.4) is 0 Å². The summed E-state index contributed by atoms with van der Waals surface area (Å²) in [5.74, 6) is 0.0295. The van der Waals surface area contributed by atoms with Crippen LogP contribution in [-0.2, 0) is 4.79 Å². The molecule has 1 aromatic carbocycles. The van der Waals surface area contributed by atoms with Gasteiger partial charge in [-0.1, -0.05) is 24.6 Å². The van der Waals surface area contributed by atoms with E-state index in [9.17, 15) is 15.0 Å². The molecule has 0 heterocycles. The number of allylic oxidation sites excluding steroid dienone is 1. The van der Waals surface area contributed by atoms with Gasteiger partial charge in [0.25, 0.3) is 0 Å². The first kappa shape index (κ1) is 20.4. The number of benzene rings is 1. The second-order valence-corrected chi connectivity index (χ2v) is 9.11. The van der Waals surface area contributed by atoms with Crippen molar-refractivity contribution >= 4 is 6.29 Å². The van der Waals surface area contributed by atoms with Gasteiger partial charge in [0.15, 0.2) is 17.3 Å². The van der Waals surface area contributed by atoms with Crippen molar-refractivity contribution in [2.24, 2.45) is 23.2 Å². The van der Waals surface area contributed by atoms with E-state index in [4.69, 9.17) is 9.47 Å². The van der Waals surface area contributed by atoms with Gasteiger partial charge in [-0.2, -0.15) is 0 Å². The summed E-state index contributed by atoms with van der Waals surface area (Å²) in [6.07, 6.45) is 7.22. The fraction of sp³-hybridized carbons (Fsp3) is 0.625. The van der Waals surface area contributed by atoms with Crippen molar-refractivity contribution in [3.63, 3.8) is 0 Å². The molecule has 0 aromatic heterocycles. The van der Waals surface area contributed by atoms with Crippen LogP contribution in [0.4, 0.5) is 0 Å². The molecular formula is C24H32O5. The number of para-hydroxylation sites is 2. The van der Waals surface area contributed by atoms with E-state index in [1.165, 1.54) is 0 Å². The summed E-state index contributed by atoms with van der Waals surface area (Å²) in [6, 6.07) is 7.43. The molecule has 0 saturated heterocycles. The van der Waals surface area contributed by atoms with Gasteiger partial charge in [0.1, 0.15) is 12.9 Å². The van der Waals surface area contributed by atoms with Gasteiger partial charge in [0.05, 0.1) is 7.11 Å². The van der Waals surface area contributed by atoms with Crippen molar-refractivity contribution in [2.45, 2.75) is 57.7 Å². The van der Waals surface area contributed by atoms with Gasteiger partial charge < -0.3 is 24.5 Å². The Bertz CT molecular complexity index is 798. The van der Waals surface area contributed by atoms with Crippen LogP contribution in [0.15, 0.2) is 35.4 Å². The highest BCUT2D eigenvalue weighted by Gasteiger charge is 2.66. The van der Waals surface area contributed by atoms with E-state index in [1.807, 2.05) is 24.3 Å². The quantitative estimate of drug-likeness (QED) is 0.374. The first-order valence-electron chi connectivity index (χ1n) is 10.8. The molecule has 3 saturated carbocycles. The van der Waals surface area contributed by atoms with E-state index < -0.39 is 5.79 Å². The van der Waals surface area contributed by atoms with Crippen molar-refractivity contribution in [1.82, 2.24) is 0 Å². The number of carbonyl (C=O) groups is 1. The van der Waals surface area contributed by atoms with Crippen LogP contribution in [-0.4, -0.2) is 36.0 Å². The van der Waals surface area contributed by atoms with E-state index in [1.54, 1.807) is 7.11 Å². The van der Waals surface area contributed by atoms with Crippen LogP contribution in [0.25, 0.3) is 0 Å². The number of aliphatic hydroxyl groups is 2. The highest BCUT2D eigenvalue weighted by Crippen LogP contribution is 2.69. The third-order valence-electron chi connectivity index (χ3n) is 7.42. The summed E-state index contributed by atoms with van der Waals surface area (Å²) in [4.78, 5) is 10.9. The summed E-state index contributed by atoms with van der Waals surface area (Å²) >= 11 is 0. The van der Waals surface area contributed by atoms with Gasteiger partial charge in [-0.05, 0) is 67.9 Å². The molecule has 1 aromatic rings. The van der Waals surface area contributed by atoms with Crippen LogP contribution in [0, 0.1) is 23.2 Å². The average molecular weight is 401 g/mol. The van der Waals surface area contributed by atoms with E-state index >= 15 is 0 Å². The highest BCUT2D eigenvalue weighted by atomic mass is 16.5. The molecule has 29 heavy (non-hydrogen) atoms. The minimum atomic E-state index is -1.85. The maximum absolute atomic E-state index is 11.3. The summed E-state index contributed by atoms with van der Waals surface area (Å²) in [7, 11) is 1.60. The Morgan fingerprint density at radius 3 is 2.69 bits per heavy atom. The zero-order valence-electron chi connectivity index (χ0n) is 17.4. The molecule has 4 unspecified atom stereocenters. The number of carbonyl (C=O) groups excluding carboxylic acids is 1. The number of ether oxygens (including phenoxy) is 2. The van der Waals surface area contributed by atoms with Crippen molar-refractivity contribution in [3.05, 3.63) is 35.4 Å². The first-order chi connectivity index (χ1) is 13.9. The number of hydrogen-bond acceptors (Lipinski definition) is 5. The zero-order chi connectivity index (χ0) is 20.6. The van der Waals surface area contributed by atoms with Gasteiger partial charge in [0.2, 0.25) is 0 Å². The summed E-state index contributed by atoms with van der Waals surface area (Å²) < 4.78 is 11.4. The largest absolute Gasteiger partial charge is 0.493 e. The standard InChI is InChI=1S/C24H32O5/c1-3-17-12-18(17)19(15-29-21-7-5-4-6-20(21)28-2)24(26,27)22-14-23(22)10-8-16(13-23)9-11-25/h4-7,11,16-17,22,26-27H,3,8-10,12-15H2,1-2H3/b19-18+. The SMILES string of the molecule is CCC1C/C1=C(/COc1ccccc1OC)C(O)(O)C1CC12CCC(CC=O)C2. The fourth-order valence-electron chi connectivity index (χ4n) is 5.53. The van der Waals surface area contributed by atoms with Crippen molar-refractivity contribution in [1.29, 1.82) is 0 Å². The van der Waals surface area contributed by atoms with Gasteiger partial charge in [0, 0.05) is 17.9 Å². The molecule has 3 aliphatic rings. The Kier molecular flexibility index (Phi) is 5.47. The average Bonchev–Trinajstić information content (AvgIpc) is 3.59. The van der Waals surface area contributed by atoms with Crippen molar-refractivity contribution in [3.8, 4) is 11.5 Å². The Balaban J connectivity index is 1.52. The third-order valence-corrected chi connectivity index (χ3v) is 7.42. The van der Waals surface area contributed by atoms with E-state index in [0.717, 1.165) is 50.4 Å². The smallest absolute Gasteiger partial charge is 0.192 e. The summed E-state index contributed by atoms with van der Waals surface area (Å²) in [6.45, 7) is 2.29. The normalized spacial score (nSPS) is 32.2. The maximum Gasteiger partial charge on any atom is 0.192 e. The van der Waals surface area contributed by atoms with Crippen LogP contribution >= 0.6 is 0 Å². The fourth-order valence-corrected chi connectivity index (χ4v) is 5.53. The predicted octanol–water partition coefficient (Wildman–Crippen LogP) is 3.88. The molecule has 0 aliphatic heterocycles. The van der Waals surface area contributed by atoms with E-state index in [2.05, 4.69) is 6.92 Å². The number of hydrogen-bond donors (Lipinski definition) is 2. The van der Waals surface area contributed by atoms with Crippen LogP contribution in [0.5, 0.6) is 11.5 Å². The Hall–Kier alpha value is -1.85. The topological polar surface area (TPSA) is 76.0 Å².